The Labute approximate surface area is 209 Å². The minimum atomic E-state index is -1.86. The maximum absolute atomic E-state index is 13.6. The second-order valence-electron chi connectivity index (χ2n) is 8.15. The highest BCUT2D eigenvalue weighted by Gasteiger charge is 2.39. The smallest absolute Gasteiger partial charge is 0.261 e. The van der Waals surface area contributed by atoms with Crippen LogP contribution >= 0.6 is 11.6 Å². The van der Waals surface area contributed by atoms with Crippen LogP contribution in [0.25, 0.3) is 17.2 Å². The van der Waals surface area contributed by atoms with Crippen LogP contribution in [0.1, 0.15) is 22.3 Å². The van der Waals surface area contributed by atoms with Crippen LogP contribution in [-0.2, 0) is 16.8 Å². The van der Waals surface area contributed by atoms with E-state index in [4.69, 9.17) is 16.9 Å². The molecule has 2 N–H and O–H groups in total. The summed E-state index contributed by atoms with van der Waals surface area (Å²) >= 11 is 6.14. The van der Waals surface area contributed by atoms with Crippen molar-refractivity contribution in [1.29, 1.82) is 5.26 Å². The molecule has 0 radical (unpaired) electrons. The molecule has 0 spiro atoms. The van der Waals surface area contributed by atoms with Crippen LogP contribution in [-0.4, -0.2) is 11.0 Å². The van der Waals surface area contributed by atoms with Crippen molar-refractivity contribution in [3.8, 4) is 17.2 Å². The topological polar surface area (TPSA) is 73.1 Å². The average molecular weight is 479 g/mol. The van der Waals surface area contributed by atoms with Crippen LogP contribution in [0.4, 0.5) is 5.69 Å². The van der Waals surface area contributed by atoms with Gasteiger partial charge < -0.3 is 10.4 Å². The number of halogens is 1. The molecule has 0 bridgehead atoms. The number of hydrogen-bond acceptors (Lipinski definition) is 3. The molecule has 4 rings (SSSR count). The first kappa shape index (κ1) is 24.0. The van der Waals surface area contributed by atoms with Gasteiger partial charge in [-0.15, -0.1) is 0 Å². The van der Waals surface area contributed by atoms with E-state index >= 15 is 0 Å². The van der Waals surface area contributed by atoms with Crippen molar-refractivity contribution >= 4 is 29.3 Å². The zero-order valence-electron chi connectivity index (χ0n) is 18.9. The molecule has 0 aliphatic carbocycles. The van der Waals surface area contributed by atoms with Gasteiger partial charge in [0.1, 0.15) is 6.07 Å². The first-order valence-electron chi connectivity index (χ1n) is 11.0. The number of anilines is 1. The molecule has 4 nitrogen and oxygen atoms in total. The second-order valence-corrected chi connectivity index (χ2v) is 8.55. The zero-order chi connectivity index (χ0) is 24.8. The summed E-state index contributed by atoms with van der Waals surface area (Å²) in [7, 11) is 0. The minimum Gasteiger partial charge on any atom is -0.375 e. The van der Waals surface area contributed by atoms with Gasteiger partial charge in [0.2, 0.25) is 0 Å². The molecule has 4 aromatic rings. The van der Waals surface area contributed by atoms with E-state index in [1.165, 1.54) is 12.1 Å². The number of nitrogens with one attached hydrogen (secondary N) is 1. The van der Waals surface area contributed by atoms with Crippen molar-refractivity contribution in [2.75, 3.05) is 5.32 Å². The molecule has 0 aliphatic rings. The van der Waals surface area contributed by atoms with Crippen LogP contribution in [0, 0.1) is 11.3 Å². The Kier molecular flexibility index (Phi) is 7.12. The highest BCUT2D eigenvalue weighted by atomic mass is 35.5. The molecule has 172 valence electrons. The number of aliphatic hydroxyl groups is 1. The van der Waals surface area contributed by atoms with Crippen molar-refractivity contribution < 1.29 is 9.90 Å². The molecular weight excluding hydrogens is 456 g/mol. The van der Waals surface area contributed by atoms with E-state index in [1.807, 2.05) is 60.7 Å². The minimum absolute atomic E-state index is 0.0479. The van der Waals surface area contributed by atoms with Crippen molar-refractivity contribution in [2.24, 2.45) is 0 Å². The summed E-state index contributed by atoms with van der Waals surface area (Å²) in [4.78, 5) is 13.6. The molecule has 0 fully saturated rings. The third-order valence-corrected chi connectivity index (χ3v) is 6.21. The summed E-state index contributed by atoms with van der Waals surface area (Å²) in [6.07, 6.45) is 1.83. The predicted molar refractivity (Wildman–Crippen MR) is 141 cm³/mol. The van der Waals surface area contributed by atoms with Crippen LogP contribution in [0.2, 0.25) is 5.02 Å². The van der Waals surface area contributed by atoms with Gasteiger partial charge in [0, 0.05) is 12.1 Å². The SMILES string of the molecule is C=Cc1ccc(-c2ccccc2CC(O)(C(=O)Nc2ccc(C#N)c(Cl)c2)c2ccccc2)cc1. The van der Waals surface area contributed by atoms with E-state index in [-0.39, 0.29) is 11.4 Å². The maximum Gasteiger partial charge on any atom is 0.261 e. The van der Waals surface area contributed by atoms with Gasteiger partial charge in [0.25, 0.3) is 5.91 Å². The Hall–Kier alpha value is -4.17. The molecule has 0 heterocycles. The number of rotatable bonds is 7. The molecule has 4 aromatic carbocycles. The quantitative estimate of drug-likeness (QED) is 0.314. The van der Waals surface area contributed by atoms with Gasteiger partial charge in [-0.05, 0) is 46.0 Å². The van der Waals surface area contributed by atoms with Crippen molar-refractivity contribution in [1.82, 2.24) is 0 Å². The lowest BCUT2D eigenvalue weighted by atomic mass is 9.83. The molecule has 35 heavy (non-hydrogen) atoms. The van der Waals surface area contributed by atoms with Gasteiger partial charge in [-0.2, -0.15) is 5.26 Å². The van der Waals surface area contributed by atoms with Crippen LogP contribution in [0.3, 0.4) is 0 Å². The fraction of sp³-hybridized carbons (Fsp3) is 0.0667. The fourth-order valence-corrected chi connectivity index (χ4v) is 4.20. The lowest BCUT2D eigenvalue weighted by Crippen LogP contribution is -2.42. The van der Waals surface area contributed by atoms with Gasteiger partial charge in [-0.25, -0.2) is 0 Å². The molecule has 0 aliphatic heterocycles. The third kappa shape index (κ3) is 5.17. The molecule has 1 amide bonds. The third-order valence-electron chi connectivity index (χ3n) is 5.90. The van der Waals surface area contributed by atoms with E-state index in [1.54, 1.807) is 36.4 Å². The number of nitriles is 1. The van der Waals surface area contributed by atoms with E-state index in [9.17, 15) is 9.90 Å². The zero-order valence-corrected chi connectivity index (χ0v) is 19.7. The number of carbonyl (C=O) groups excluding carboxylic acids is 1. The average Bonchev–Trinajstić information content (AvgIpc) is 2.89. The lowest BCUT2D eigenvalue weighted by molar-refractivity contribution is -0.135. The van der Waals surface area contributed by atoms with Gasteiger partial charge in [0.15, 0.2) is 5.60 Å². The summed E-state index contributed by atoms with van der Waals surface area (Å²) in [6, 6.07) is 31.1. The Morgan fingerprint density at radius 3 is 2.34 bits per heavy atom. The standard InChI is InChI=1S/C30H23ClN2O2/c1-2-21-12-14-22(15-13-21)27-11-7-6-8-23(27)19-30(35,25-9-4-3-5-10-25)29(34)33-26-17-16-24(20-32)28(31)18-26/h2-18,35H,1,19H2,(H,33,34). The summed E-state index contributed by atoms with van der Waals surface area (Å²) in [6.45, 7) is 3.80. The fourth-order valence-electron chi connectivity index (χ4n) is 3.98. The molecule has 5 heteroatoms. The molecule has 1 atom stereocenters. The van der Waals surface area contributed by atoms with Crippen LogP contribution in [0.5, 0.6) is 0 Å². The van der Waals surface area contributed by atoms with Crippen LogP contribution < -0.4 is 5.32 Å². The first-order valence-corrected chi connectivity index (χ1v) is 11.4. The van der Waals surface area contributed by atoms with Gasteiger partial charge in [0.05, 0.1) is 10.6 Å². The number of carbonyl (C=O) groups is 1. The first-order chi connectivity index (χ1) is 16.9. The summed E-state index contributed by atoms with van der Waals surface area (Å²) in [5.41, 5.74) is 3.02. The van der Waals surface area contributed by atoms with Crippen molar-refractivity contribution in [3.05, 3.63) is 131 Å². The van der Waals surface area contributed by atoms with Gasteiger partial charge in [-0.3, -0.25) is 4.79 Å². The summed E-state index contributed by atoms with van der Waals surface area (Å²) < 4.78 is 0. The summed E-state index contributed by atoms with van der Waals surface area (Å²) in [5, 5.41) is 24.0. The Balaban J connectivity index is 1.73. The molecule has 0 aromatic heterocycles. The van der Waals surface area contributed by atoms with Crippen molar-refractivity contribution in [2.45, 2.75) is 12.0 Å². The molecule has 0 saturated heterocycles. The normalized spacial score (nSPS) is 12.3. The number of amides is 1. The monoisotopic (exact) mass is 478 g/mol. The lowest BCUT2D eigenvalue weighted by Gasteiger charge is -2.29. The van der Waals surface area contributed by atoms with E-state index in [0.717, 1.165) is 22.3 Å². The largest absolute Gasteiger partial charge is 0.375 e. The Bertz CT molecular complexity index is 1410. The van der Waals surface area contributed by atoms with Crippen LogP contribution in [0.15, 0.2) is 104 Å². The van der Waals surface area contributed by atoms with E-state index in [2.05, 4.69) is 11.9 Å². The van der Waals surface area contributed by atoms with E-state index < -0.39 is 11.5 Å². The highest BCUT2D eigenvalue weighted by molar-refractivity contribution is 6.32. The maximum atomic E-state index is 13.6. The molecule has 0 saturated carbocycles. The predicted octanol–water partition coefficient (Wildman–Crippen LogP) is 6.59. The Morgan fingerprint density at radius 1 is 1.00 bits per heavy atom. The Morgan fingerprint density at radius 2 is 1.69 bits per heavy atom. The number of nitrogens with zero attached hydrogens (tertiary/aromatic N) is 1. The molecule has 1 unspecified atom stereocenters. The number of hydrogen-bond donors (Lipinski definition) is 2. The summed E-state index contributed by atoms with van der Waals surface area (Å²) in [5.74, 6) is -0.596. The van der Waals surface area contributed by atoms with Gasteiger partial charge in [-0.1, -0.05) is 103 Å². The second kappa shape index (κ2) is 10.4. The highest BCUT2D eigenvalue weighted by Crippen LogP contribution is 2.33. The van der Waals surface area contributed by atoms with E-state index in [0.29, 0.717) is 16.8 Å². The number of benzene rings is 4. The molecular formula is C30H23ClN2O2. The van der Waals surface area contributed by atoms with Crippen molar-refractivity contribution in [3.63, 3.8) is 0 Å². The van der Waals surface area contributed by atoms with Gasteiger partial charge >= 0.3 is 0 Å².